The molecule has 0 radical (unpaired) electrons. The van der Waals surface area contributed by atoms with E-state index in [2.05, 4.69) is 28.2 Å². The molecular formula is C11H12N2O. The summed E-state index contributed by atoms with van der Waals surface area (Å²) < 4.78 is 7.85. The van der Waals surface area contributed by atoms with Gasteiger partial charge < -0.3 is 14.6 Å². The SMILES string of the molecule is CNc1ccc2c3c1ccn3CCO2. The molecule has 1 aliphatic heterocycles. The first-order chi connectivity index (χ1) is 6.90. The summed E-state index contributed by atoms with van der Waals surface area (Å²) in [6.07, 6.45) is 2.12. The molecule has 3 heteroatoms. The van der Waals surface area contributed by atoms with Crippen molar-refractivity contribution in [2.75, 3.05) is 19.0 Å². The van der Waals surface area contributed by atoms with Crippen LogP contribution in [0.5, 0.6) is 5.75 Å². The zero-order chi connectivity index (χ0) is 9.54. The van der Waals surface area contributed by atoms with E-state index in [9.17, 15) is 0 Å². The predicted octanol–water partition coefficient (Wildman–Crippen LogP) is 2.08. The third kappa shape index (κ3) is 0.867. The van der Waals surface area contributed by atoms with Gasteiger partial charge in [0.05, 0.1) is 12.1 Å². The van der Waals surface area contributed by atoms with Gasteiger partial charge in [0, 0.05) is 24.3 Å². The average molecular weight is 188 g/mol. The van der Waals surface area contributed by atoms with Crippen molar-refractivity contribution in [3.05, 3.63) is 24.4 Å². The highest BCUT2D eigenvalue weighted by Crippen LogP contribution is 2.34. The van der Waals surface area contributed by atoms with Gasteiger partial charge >= 0.3 is 0 Å². The minimum Gasteiger partial charge on any atom is -0.490 e. The van der Waals surface area contributed by atoms with Crippen molar-refractivity contribution < 1.29 is 4.74 Å². The first-order valence-corrected chi connectivity index (χ1v) is 4.82. The standard InChI is InChI=1S/C11H12N2O/c1-12-9-2-3-10-11-8(9)4-5-13(11)6-7-14-10/h2-5,12H,6-7H2,1H3. The first kappa shape index (κ1) is 7.74. The fraction of sp³-hybridized carbons (Fsp3) is 0.273. The van der Waals surface area contributed by atoms with E-state index in [-0.39, 0.29) is 0 Å². The van der Waals surface area contributed by atoms with Crippen LogP contribution in [0.15, 0.2) is 24.4 Å². The Labute approximate surface area is 82.3 Å². The van der Waals surface area contributed by atoms with Gasteiger partial charge in [-0.1, -0.05) is 0 Å². The van der Waals surface area contributed by atoms with Crippen molar-refractivity contribution in [2.24, 2.45) is 0 Å². The second-order valence-electron chi connectivity index (χ2n) is 3.48. The Hall–Kier alpha value is -1.64. The maximum Gasteiger partial charge on any atom is 0.143 e. The Morgan fingerprint density at radius 2 is 2.29 bits per heavy atom. The van der Waals surface area contributed by atoms with Crippen molar-refractivity contribution in [1.29, 1.82) is 0 Å². The zero-order valence-corrected chi connectivity index (χ0v) is 8.08. The molecule has 14 heavy (non-hydrogen) atoms. The van der Waals surface area contributed by atoms with E-state index in [0.29, 0.717) is 0 Å². The molecule has 1 aromatic heterocycles. The van der Waals surface area contributed by atoms with Crippen molar-refractivity contribution in [3.63, 3.8) is 0 Å². The lowest BCUT2D eigenvalue weighted by molar-refractivity contribution is 0.287. The van der Waals surface area contributed by atoms with Crippen LogP contribution < -0.4 is 10.1 Å². The molecule has 0 amide bonds. The highest BCUT2D eigenvalue weighted by atomic mass is 16.5. The Balaban J connectivity index is 2.40. The number of nitrogens with one attached hydrogen (secondary N) is 1. The van der Waals surface area contributed by atoms with Crippen molar-refractivity contribution in [1.82, 2.24) is 4.57 Å². The molecule has 1 aromatic carbocycles. The number of hydrogen-bond acceptors (Lipinski definition) is 2. The first-order valence-electron chi connectivity index (χ1n) is 4.82. The topological polar surface area (TPSA) is 26.2 Å². The molecule has 0 bridgehead atoms. The van der Waals surface area contributed by atoms with E-state index in [0.717, 1.165) is 24.6 Å². The zero-order valence-electron chi connectivity index (χ0n) is 8.08. The highest BCUT2D eigenvalue weighted by Gasteiger charge is 2.14. The quantitative estimate of drug-likeness (QED) is 0.741. The third-order valence-electron chi connectivity index (χ3n) is 2.75. The molecule has 3 nitrogen and oxygen atoms in total. The minimum atomic E-state index is 0.773. The highest BCUT2D eigenvalue weighted by molar-refractivity contribution is 5.96. The van der Waals surface area contributed by atoms with E-state index >= 15 is 0 Å². The van der Waals surface area contributed by atoms with Crippen LogP contribution in [-0.2, 0) is 6.54 Å². The summed E-state index contributed by atoms with van der Waals surface area (Å²) in [5.74, 6) is 0.996. The van der Waals surface area contributed by atoms with Gasteiger partial charge in [0.15, 0.2) is 0 Å². The van der Waals surface area contributed by atoms with Crippen LogP contribution >= 0.6 is 0 Å². The predicted molar refractivity (Wildman–Crippen MR) is 57.0 cm³/mol. The molecule has 3 rings (SSSR count). The molecule has 72 valence electrons. The molecule has 1 N–H and O–H groups in total. The summed E-state index contributed by atoms with van der Waals surface area (Å²) in [4.78, 5) is 0. The van der Waals surface area contributed by atoms with Gasteiger partial charge in [-0.05, 0) is 18.2 Å². The van der Waals surface area contributed by atoms with Gasteiger partial charge in [0.1, 0.15) is 12.4 Å². The third-order valence-corrected chi connectivity index (χ3v) is 2.75. The number of benzene rings is 1. The monoisotopic (exact) mass is 188 g/mol. The number of ether oxygens (including phenoxy) is 1. The molecule has 1 aliphatic rings. The molecule has 2 heterocycles. The van der Waals surface area contributed by atoms with Gasteiger partial charge in [-0.15, -0.1) is 0 Å². The van der Waals surface area contributed by atoms with Gasteiger partial charge in [-0.2, -0.15) is 0 Å². The van der Waals surface area contributed by atoms with Crippen LogP contribution in [0, 0.1) is 0 Å². The lowest BCUT2D eigenvalue weighted by Gasteiger charge is -2.17. The smallest absolute Gasteiger partial charge is 0.143 e. The van der Waals surface area contributed by atoms with E-state index in [1.165, 1.54) is 10.9 Å². The molecule has 0 spiro atoms. The van der Waals surface area contributed by atoms with Crippen LogP contribution in [0.1, 0.15) is 0 Å². The molecule has 0 atom stereocenters. The molecule has 0 unspecified atom stereocenters. The molecule has 0 saturated carbocycles. The Bertz CT molecular complexity index is 487. The second-order valence-corrected chi connectivity index (χ2v) is 3.48. The Morgan fingerprint density at radius 1 is 1.36 bits per heavy atom. The lowest BCUT2D eigenvalue weighted by Crippen LogP contribution is -2.13. The molecule has 0 saturated heterocycles. The average Bonchev–Trinajstić information content (AvgIpc) is 2.66. The van der Waals surface area contributed by atoms with Crippen molar-refractivity contribution in [2.45, 2.75) is 6.54 Å². The largest absolute Gasteiger partial charge is 0.490 e. The Kier molecular flexibility index (Phi) is 1.48. The fourth-order valence-corrected chi connectivity index (χ4v) is 2.07. The summed E-state index contributed by atoms with van der Waals surface area (Å²) in [6, 6.07) is 6.23. The van der Waals surface area contributed by atoms with Gasteiger partial charge in [0.25, 0.3) is 0 Å². The van der Waals surface area contributed by atoms with E-state index < -0.39 is 0 Å². The number of aromatic nitrogens is 1. The van der Waals surface area contributed by atoms with Crippen LogP contribution in [0.4, 0.5) is 5.69 Å². The second kappa shape index (κ2) is 2.67. The summed E-state index contributed by atoms with van der Waals surface area (Å²) >= 11 is 0. The number of nitrogens with zero attached hydrogens (tertiary/aromatic N) is 1. The van der Waals surface area contributed by atoms with Gasteiger partial charge in [-0.25, -0.2) is 0 Å². The van der Waals surface area contributed by atoms with E-state index in [1.807, 2.05) is 13.1 Å². The Morgan fingerprint density at radius 3 is 3.14 bits per heavy atom. The van der Waals surface area contributed by atoms with Gasteiger partial charge in [0.2, 0.25) is 0 Å². The normalized spacial score (nSPS) is 14.1. The maximum atomic E-state index is 5.60. The summed E-state index contributed by atoms with van der Waals surface area (Å²) in [7, 11) is 1.94. The summed E-state index contributed by atoms with van der Waals surface area (Å²) in [5, 5.41) is 4.43. The maximum absolute atomic E-state index is 5.60. The number of rotatable bonds is 1. The van der Waals surface area contributed by atoms with E-state index in [4.69, 9.17) is 4.74 Å². The molecular weight excluding hydrogens is 176 g/mol. The van der Waals surface area contributed by atoms with Crippen molar-refractivity contribution in [3.8, 4) is 5.75 Å². The van der Waals surface area contributed by atoms with Crippen molar-refractivity contribution >= 4 is 16.6 Å². The lowest BCUT2D eigenvalue weighted by atomic mass is 10.2. The van der Waals surface area contributed by atoms with Crippen LogP contribution in [0.2, 0.25) is 0 Å². The summed E-state index contributed by atoms with van der Waals surface area (Å²) in [5.41, 5.74) is 2.37. The van der Waals surface area contributed by atoms with E-state index in [1.54, 1.807) is 0 Å². The van der Waals surface area contributed by atoms with Crippen LogP contribution in [0.3, 0.4) is 0 Å². The number of hydrogen-bond donors (Lipinski definition) is 1. The van der Waals surface area contributed by atoms with Crippen LogP contribution in [0.25, 0.3) is 10.9 Å². The number of anilines is 1. The summed E-state index contributed by atoms with van der Waals surface area (Å²) in [6.45, 7) is 1.72. The van der Waals surface area contributed by atoms with Gasteiger partial charge in [-0.3, -0.25) is 0 Å². The van der Waals surface area contributed by atoms with Crippen LogP contribution in [-0.4, -0.2) is 18.2 Å². The fourth-order valence-electron chi connectivity index (χ4n) is 2.07. The molecule has 2 aromatic rings. The minimum absolute atomic E-state index is 0.773. The molecule has 0 fully saturated rings. The molecule has 0 aliphatic carbocycles.